The molecule has 0 N–H and O–H groups in total. The van der Waals surface area contributed by atoms with Crippen LogP contribution in [-0.4, -0.2) is 14.2 Å². The minimum Gasteiger partial charge on any atom is -0.267 e. The highest BCUT2D eigenvalue weighted by molar-refractivity contribution is 6.30. The van der Waals surface area contributed by atoms with Crippen LogP contribution < -0.4 is 5.56 Å². The van der Waals surface area contributed by atoms with Crippen LogP contribution in [0, 0.1) is 0 Å². The molecule has 2 aromatic carbocycles. The summed E-state index contributed by atoms with van der Waals surface area (Å²) in [4.78, 5) is 16.2. The lowest BCUT2D eigenvalue weighted by atomic mass is 10.1. The first-order valence-corrected chi connectivity index (χ1v) is 8.27. The van der Waals surface area contributed by atoms with Gasteiger partial charge >= 0.3 is 6.18 Å². The Labute approximate surface area is 156 Å². The Morgan fingerprint density at radius 1 is 0.926 bits per heavy atom. The van der Waals surface area contributed by atoms with Gasteiger partial charge in [-0.25, -0.2) is 9.67 Å². The molecular formula is C19H11ClF3N3O. The van der Waals surface area contributed by atoms with Crippen molar-refractivity contribution in [3.05, 3.63) is 87.8 Å². The first-order valence-electron chi connectivity index (χ1n) is 7.89. The summed E-state index contributed by atoms with van der Waals surface area (Å²) in [6, 6.07) is 17.6. The Morgan fingerprint density at radius 3 is 2.22 bits per heavy atom. The topological polar surface area (TPSA) is 39.3 Å². The SMILES string of the molecule is O=c1cc(C(F)(F)F)nc2cc(-c3ccccc3)n(-c3ccc(Cl)cc3)n12. The zero-order chi connectivity index (χ0) is 19.2. The number of hydrogen-bond acceptors (Lipinski definition) is 2. The van der Waals surface area contributed by atoms with Gasteiger partial charge < -0.3 is 0 Å². The van der Waals surface area contributed by atoms with E-state index in [2.05, 4.69) is 4.98 Å². The zero-order valence-electron chi connectivity index (χ0n) is 13.6. The Bertz CT molecular complexity index is 1180. The van der Waals surface area contributed by atoms with Crippen LogP contribution in [0.25, 0.3) is 22.6 Å². The largest absolute Gasteiger partial charge is 0.433 e. The lowest BCUT2D eigenvalue weighted by Crippen LogP contribution is -2.23. The Morgan fingerprint density at radius 2 is 1.59 bits per heavy atom. The fourth-order valence-corrected chi connectivity index (χ4v) is 3.00. The summed E-state index contributed by atoms with van der Waals surface area (Å²) in [5, 5.41) is 0.501. The molecule has 0 aliphatic carbocycles. The molecule has 0 aliphatic heterocycles. The molecule has 8 heteroatoms. The molecule has 4 aromatic rings. The highest BCUT2D eigenvalue weighted by Crippen LogP contribution is 2.29. The highest BCUT2D eigenvalue weighted by Gasteiger charge is 2.34. The van der Waals surface area contributed by atoms with Crippen LogP contribution >= 0.6 is 11.6 Å². The number of hydrogen-bond donors (Lipinski definition) is 0. The van der Waals surface area contributed by atoms with Gasteiger partial charge in [0.2, 0.25) is 0 Å². The number of fused-ring (bicyclic) bond motifs is 1. The minimum atomic E-state index is -4.71. The zero-order valence-corrected chi connectivity index (χ0v) is 14.4. The van der Waals surface area contributed by atoms with E-state index in [0.29, 0.717) is 22.5 Å². The van der Waals surface area contributed by atoms with Gasteiger partial charge in [-0.1, -0.05) is 41.9 Å². The van der Waals surface area contributed by atoms with Crippen LogP contribution in [0.1, 0.15) is 5.69 Å². The van der Waals surface area contributed by atoms with Crippen LogP contribution in [-0.2, 0) is 6.18 Å². The van der Waals surface area contributed by atoms with Crippen LogP contribution in [0.3, 0.4) is 0 Å². The molecule has 0 saturated carbocycles. The lowest BCUT2D eigenvalue weighted by molar-refractivity contribution is -0.141. The molecular weight excluding hydrogens is 379 g/mol. The van der Waals surface area contributed by atoms with Gasteiger partial charge in [-0.15, -0.1) is 0 Å². The standard InChI is InChI=1S/C19H11ClF3N3O/c20-13-6-8-14(9-7-13)25-15(12-4-2-1-3-5-12)10-17-24-16(19(21,22)23)11-18(27)26(17)25/h1-11H. The van der Waals surface area contributed by atoms with E-state index in [1.807, 2.05) is 6.07 Å². The van der Waals surface area contributed by atoms with Gasteiger partial charge in [0, 0.05) is 22.7 Å². The van der Waals surface area contributed by atoms with Crippen LogP contribution in [0.2, 0.25) is 5.02 Å². The van der Waals surface area contributed by atoms with E-state index in [4.69, 9.17) is 11.6 Å². The molecule has 27 heavy (non-hydrogen) atoms. The number of aromatic nitrogens is 3. The lowest BCUT2D eigenvalue weighted by Gasteiger charge is -2.12. The van der Waals surface area contributed by atoms with Crippen molar-refractivity contribution in [2.75, 3.05) is 0 Å². The van der Waals surface area contributed by atoms with Crippen LogP contribution in [0.5, 0.6) is 0 Å². The van der Waals surface area contributed by atoms with E-state index in [1.54, 1.807) is 48.5 Å². The number of rotatable bonds is 2. The maximum Gasteiger partial charge on any atom is 0.433 e. The molecule has 2 aromatic heterocycles. The van der Waals surface area contributed by atoms with Crippen molar-refractivity contribution in [3.8, 4) is 16.9 Å². The van der Waals surface area contributed by atoms with Crippen LogP contribution in [0.15, 0.2) is 71.5 Å². The number of alkyl halides is 3. The monoisotopic (exact) mass is 389 g/mol. The van der Waals surface area contributed by atoms with Gasteiger partial charge in [0.05, 0.1) is 11.4 Å². The maximum absolute atomic E-state index is 13.1. The molecule has 4 nitrogen and oxygen atoms in total. The molecule has 4 rings (SSSR count). The van der Waals surface area contributed by atoms with Crippen molar-refractivity contribution < 1.29 is 13.2 Å². The average molecular weight is 390 g/mol. The summed E-state index contributed by atoms with van der Waals surface area (Å²) in [5.41, 5.74) is -0.321. The first kappa shape index (κ1) is 17.4. The predicted octanol–water partition coefficient (Wildman–Crippen LogP) is 4.82. The molecule has 0 bridgehead atoms. The van der Waals surface area contributed by atoms with Gasteiger partial charge in [0.15, 0.2) is 11.3 Å². The molecule has 0 radical (unpaired) electrons. The fraction of sp³-hybridized carbons (Fsp3) is 0.0526. The Kier molecular flexibility index (Phi) is 4.04. The van der Waals surface area contributed by atoms with Crippen molar-refractivity contribution in [3.63, 3.8) is 0 Å². The molecule has 0 atom stereocenters. The second-order valence-corrected chi connectivity index (χ2v) is 6.27. The van der Waals surface area contributed by atoms with Crippen molar-refractivity contribution in [1.82, 2.24) is 14.2 Å². The first-order chi connectivity index (χ1) is 12.8. The third-order valence-electron chi connectivity index (χ3n) is 4.05. The quantitative estimate of drug-likeness (QED) is 0.493. The summed E-state index contributed by atoms with van der Waals surface area (Å²) in [6.45, 7) is 0. The minimum absolute atomic E-state index is 0.0939. The second kappa shape index (κ2) is 6.28. The molecule has 0 amide bonds. The van der Waals surface area contributed by atoms with Gasteiger partial charge in [-0.2, -0.15) is 17.7 Å². The number of halogens is 4. The molecule has 0 aliphatic rings. The Hall–Kier alpha value is -3.06. The van der Waals surface area contributed by atoms with E-state index in [1.165, 1.54) is 10.7 Å². The summed E-state index contributed by atoms with van der Waals surface area (Å²) < 4.78 is 41.8. The van der Waals surface area contributed by atoms with Crippen LogP contribution in [0.4, 0.5) is 13.2 Å². The summed E-state index contributed by atoms with van der Waals surface area (Å²) in [5.74, 6) is 0. The highest BCUT2D eigenvalue weighted by atomic mass is 35.5. The predicted molar refractivity (Wildman–Crippen MR) is 96.2 cm³/mol. The maximum atomic E-state index is 13.1. The summed E-state index contributed by atoms with van der Waals surface area (Å²) >= 11 is 5.94. The van der Waals surface area contributed by atoms with E-state index >= 15 is 0 Å². The molecule has 0 unspecified atom stereocenters. The number of nitrogens with zero attached hydrogens (tertiary/aromatic N) is 3. The molecule has 0 fully saturated rings. The van der Waals surface area contributed by atoms with Gasteiger partial charge in [-0.3, -0.25) is 4.79 Å². The summed E-state index contributed by atoms with van der Waals surface area (Å²) in [7, 11) is 0. The molecule has 0 spiro atoms. The average Bonchev–Trinajstić information content (AvgIpc) is 3.02. The smallest absolute Gasteiger partial charge is 0.267 e. The van der Waals surface area contributed by atoms with E-state index in [0.717, 1.165) is 10.1 Å². The van der Waals surface area contributed by atoms with Gasteiger partial charge in [-0.05, 0) is 24.3 Å². The summed E-state index contributed by atoms with van der Waals surface area (Å²) in [6.07, 6.45) is -4.71. The fourth-order valence-electron chi connectivity index (χ4n) is 2.88. The van der Waals surface area contributed by atoms with E-state index in [9.17, 15) is 18.0 Å². The third-order valence-corrected chi connectivity index (χ3v) is 4.30. The molecule has 136 valence electrons. The normalized spacial score (nSPS) is 11.9. The van der Waals surface area contributed by atoms with Gasteiger partial charge in [0.1, 0.15) is 0 Å². The Balaban J connectivity index is 2.09. The van der Waals surface area contributed by atoms with Crippen molar-refractivity contribution in [1.29, 1.82) is 0 Å². The molecule has 0 saturated heterocycles. The molecule has 2 heterocycles. The van der Waals surface area contributed by atoms with Gasteiger partial charge in [0.25, 0.3) is 5.56 Å². The van der Waals surface area contributed by atoms with Crippen molar-refractivity contribution >= 4 is 17.2 Å². The van der Waals surface area contributed by atoms with E-state index < -0.39 is 17.4 Å². The van der Waals surface area contributed by atoms with Crippen molar-refractivity contribution in [2.45, 2.75) is 6.18 Å². The number of benzene rings is 2. The second-order valence-electron chi connectivity index (χ2n) is 5.83. The van der Waals surface area contributed by atoms with Crippen molar-refractivity contribution in [2.24, 2.45) is 0 Å². The third kappa shape index (κ3) is 3.10. The van der Waals surface area contributed by atoms with E-state index in [-0.39, 0.29) is 5.65 Å².